The largest absolute Gasteiger partial charge is 0.444 e. The summed E-state index contributed by atoms with van der Waals surface area (Å²) in [7, 11) is 0. The van der Waals surface area contributed by atoms with E-state index >= 15 is 0 Å². The highest BCUT2D eigenvalue weighted by molar-refractivity contribution is 5.68. The van der Waals surface area contributed by atoms with Crippen molar-refractivity contribution in [3.8, 4) is 0 Å². The predicted octanol–water partition coefficient (Wildman–Crippen LogP) is 6.45. The molecule has 0 aromatic heterocycles. The van der Waals surface area contributed by atoms with Crippen molar-refractivity contribution in [1.29, 1.82) is 0 Å². The van der Waals surface area contributed by atoms with E-state index in [4.69, 9.17) is 4.74 Å². The number of allylic oxidation sites excluding steroid dienone is 1. The zero-order valence-electron chi connectivity index (χ0n) is 21.6. The van der Waals surface area contributed by atoms with Crippen molar-refractivity contribution in [2.24, 2.45) is 0 Å². The first-order valence-electron chi connectivity index (χ1n) is 11.8. The lowest BCUT2D eigenvalue weighted by atomic mass is 9.77. The molecule has 0 aliphatic carbocycles. The normalized spacial score (nSPS) is 17.1. The molecule has 32 heavy (non-hydrogen) atoms. The Balaban J connectivity index is 2.11. The second-order valence-electron chi connectivity index (χ2n) is 11.5. The average molecular weight is 447 g/mol. The molecule has 5 heteroatoms. The number of ether oxygens (including phenoxy) is 1. The van der Waals surface area contributed by atoms with Crippen molar-refractivity contribution in [3.63, 3.8) is 0 Å². The average Bonchev–Trinajstić information content (AvgIpc) is 2.65. The minimum absolute atomic E-state index is 0.0715. The summed E-state index contributed by atoms with van der Waals surface area (Å²) in [6.07, 6.45) is 3.06. The van der Waals surface area contributed by atoms with Gasteiger partial charge in [0.25, 0.3) is 0 Å². The van der Waals surface area contributed by atoms with Gasteiger partial charge in [0.2, 0.25) is 0 Å². The first-order chi connectivity index (χ1) is 14.6. The fourth-order valence-electron chi connectivity index (χ4n) is 4.20. The van der Waals surface area contributed by atoms with Gasteiger partial charge in [0, 0.05) is 32.2 Å². The molecular weight excluding hydrogens is 403 g/mol. The van der Waals surface area contributed by atoms with E-state index in [1.54, 1.807) is 13.8 Å². The van der Waals surface area contributed by atoms with Crippen LogP contribution in [0.25, 0.3) is 0 Å². The Kier molecular flexibility index (Phi) is 8.20. The van der Waals surface area contributed by atoms with E-state index in [1.165, 1.54) is 11.1 Å². The second kappa shape index (κ2) is 9.94. The molecule has 1 heterocycles. The van der Waals surface area contributed by atoms with Gasteiger partial charge in [-0.1, -0.05) is 49.8 Å². The van der Waals surface area contributed by atoms with Crippen LogP contribution in [-0.2, 0) is 15.8 Å². The van der Waals surface area contributed by atoms with Gasteiger partial charge in [-0.2, -0.15) is 0 Å². The van der Waals surface area contributed by atoms with Crippen LogP contribution < -0.4 is 0 Å². The second-order valence-corrected chi connectivity index (χ2v) is 11.5. The zero-order chi connectivity index (χ0) is 24.3. The summed E-state index contributed by atoms with van der Waals surface area (Å²) in [5, 5.41) is 0. The molecule has 0 spiro atoms. The van der Waals surface area contributed by atoms with Crippen LogP contribution in [0.2, 0.25) is 0 Å². The van der Waals surface area contributed by atoms with Crippen LogP contribution in [0.3, 0.4) is 0 Å². The van der Waals surface area contributed by atoms with Gasteiger partial charge in [-0.25, -0.2) is 9.18 Å². The topological polar surface area (TPSA) is 32.8 Å². The van der Waals surface area contributed by atoms with Gasteiger partial charge >= 0.3 is 6.09 Å². The third-order valence-corrected chi connectivity index (χ3v) is 6.03. The summed E-state index contributed by atoms with van der Waals surface area (Å²) in [4.78, 5) is 16.7. The Morgan fingerprint density at radius 2 is 1.47 bits per heavy atom. The summed E-state index contributed by atoms with van der Waals surface area (Å²) in [5.74, 6) is 0. The highest BCUT2D eigenvalue weighted by Crippen LogP contribution is 2.33. The number of halogens is 1. The number of alkyl halides is 1. The molecule has 1 aromatic rings. The summed E-state index contributed by atoms with van der Waals surface area (Å²) in [6, 6.07) is 8.22. The van der Waals surface area contributed by atoms with Crippen molar-refractivity contribution in [1.82, 2.24) is 9.80 Å². The van der Waals surface area contributed by atoms with E-state index in [1.807, 2.05) is 37.8 Å². The molecule has 1 amide bonds. The van der Waals surface area contributed by atoms with Crippen molar-refractivity contribution in [2.75, 3.05) is 26.2 Å². The van der Waals surface area contributed by atoms with E-state index in [0.717, 1.165) is 19.5 Å². The van der Waals surface area contributed by atoms with Gasteiger partial charge in [-0.05, 0) is 71.4 Å². The van der Waals surface area contributed by atoms with Gasteiger partial charge in [0.1, 0.15) is 11.3 Å². The highest BCUT2D eigenvalue weighted by Gasteiger charge is 2.32. The Labute approximate surface area is 194 Å². The molecule has 0 bridgehead atoms. The molecule has 2 rings (SSSR count). The molecule has 0 N–H and O–H groups in total. The Morgan fingerprint density at radius 3 is 1.91 bits per heavy atom. The summed E-state index contributed by atoms with van der Waals surface area (Å²) < 4.78 is 19.8. The van der Waals surface area contributed by atoms with Crippen LogP contribution in [0.5, 0.6) is 0 Å². The first-order valence-corrected chi connectivity index (χ1v) is 11.8. The zero-order valence-corrected chi connectivity index (χ0v) is 21.6. The minimum Gasteiger partial charge on any atom is -0.444 e. The van der Waals surface area contributed by atoms with Crippen molar-refractivity contribution < 1.29 is 13.9 Å². The number of nitrogens with zero attached hydrogens (tertiary/aromatic N) is 2. The fraction of sp³-hybridized carbons (Fsp3) is 0.667. The molecule has 1 aliphatic rings. The highest BCUT2D eigenvalue weighted by atomic mass is 19.1. The SMILES string of the molecule is CC(C)=CC(CC(C)(C)c1ccc(C(C)(C)F)cc1)N1CCN(C(=O)OC(C)(C)C)CC1. The van der Waals surface area contributed by atoms with Crippen LogP contribution in [0, 0.1) is 0 Å². The lowest BCUT2D eigenvalue weighted by Gasteiger charge is -2.41. The Bertz CT molecular complexity index is 788. The van der Waals surface area contributed by atoms with Crippen LogP contribution >= 0.6 is 0 Å². The van der Waals surface area contributed by atoms with Gasteiger partial charge in [-0.3, -0.25) is 4.90 Å². The van der Waals surface area contributed by atoms with E-state index in [-0.39, 0.29) is 17.6 Å². The number of hydrogen-bond acceptors (Lipinski definition) is 3. The molecule has 1 saturated heterocycles. The number of carbonyl (C=O) groups excluding carboxylic acids is 1. The number of hydrogen-bond donors (Lipinski definition) is 0. The predicted molar refractivity (Wildman–Crippen MR) is 131 cm³/mol. The van der Waals surface area contributed by atoms with Gasteiger partial charge in [0.15, 0.2) is 0 Å². The lowest BCUT2D eigenvalue weighted by Crippen LogP contribution is -2.53. The van der Waals surface area contributed by atoms with Crippen LogP contribution in [0.1, 0.15) is 79.9 Å². The molecule has 1 atom stereocenters. The van der Waals surface area contributed by atoms with Crippen molar-refractivity contribution in [3.05, 3.63) is 47.0 Å². The molecule has 0 saturated carbocycles. The van der Waals surface area contributed by atoms with Gasteiger partial charge in [-0.15, -0.1) is 0 Å². The van der Waals surface area contributed by atoms with Crippen molar-refractivity contribution in [2.45, 2.75) is 91.5 Å². The van der Waals surface area contributed by atoms with Crippen LogP contribution in [-0.4, -0.2) is 53.7 Å². The number of benzene rings is 1. The third-order valence-electron chi connectivity index (χ3n) is 6.03. The molecule has 1 unspecified atom stereocenters. The van der Waals surface area contributed by atoms with Gasteiger partial charge < -0.3 is 9.64 Å². The van der Waals surface area contributed by atoms with Gasteiger partial charge in [0.05, 0.1) is 0 Å². The third kappa shape index (κ3) is 7.61. The standard InChI is InChI=1S/C27H43FN2O2/c1-20(2)18-23(29-14-16-30(17-15-29)24(31)32-25(3,4)5)19-26(6,7)21-10-12-22(13-11-21)27(8,9)28/h10-13,18,23H,14-17,19H2,1-9H3. The maximum absolute atomic E-state index is 14.3. The molecular formula is C27H43FN2O2. The summed E-state index contributed by atoms with van der Waals surface area (Å²) in [6.45, 7) is 20.6. The quantitative estimate of drug-likeness (QED) is 0.471. The molecule has 4 nitrogen and oxygen atoms in total. The number of carbonyl (C=O) groups is 1. The first kappa shape index (κ1) is 26.4. The number of rotatable bonds is 6. The molecule has 180 valence electrons. The fourth-order valence-corrected chi connectivity index (χ4v) is 4.20. The van der Waals surface area contributed by atoms with E-state index in [2.05, 4.69) is 50.8 Å². The van der Waals surface area contributed by atoms with Crippen molar-refractivity contribution >= 4 is 6.09 Å². The molecule has 1 fully saturated rings. The smallest absolute Gasteiger partial charge is 0.410 e. The maximum atomic E-state index is 14.3. The number of amides is 1. The van der Waals surface area contributed by atoms with E-state index < -0.39 is 11.3 Å². The van der Waals surface area contributed by atoms with E-state index in [0.29, 0.717) is 18.7 Å². The van der Waals surface area contributed by atoms with Crippen LogP contribution in [0.4, 0.5) is 9.18 Å². The lowest BCUT2D eigenvalue weighted by molar-refractivity contribution is 0.0112. The maximum Gasteiger partial charge on any atom is 0.410 e. The molecule has 1 aromatic carbocycles. The van der Waals surface area contributed by atoms with Crippen LogP contribution in [0.15, 0.2) is 35.9 Å². The monoisotopic (exact) mass is 446 g/mol. The molecule has 0 radical (unpaired) electrons. The Hall–Kier alpha value is -1.88. The Morgan fingerprint density at radius 1 is 0.969 bits per heavy atom. The van der Waals surface area contributed by atoms with E-state index in [9.17, 15) is 9.18 Å². The number of piperazine rings is 1. The summed E-state index contributed by atoms with van der Waals surface area (Å²) >= 11 is 0. The summed E-state index contributed by atoms with van der Waals surface area (Å²) in [5.41, 5.74) is 1.32. The molecule has 1 aliphatic heterocycles. The minimum atomic E-state index is -1.33.